The fourth-order valence-electron chi connectivity index (χ4n) is 3.00. The van der Waals surface area contributed by atoms with Crippen LogP contribution in [0.2, 0.25) is 0 Å². The highest BCUT2D eigenvalue weighted by molar-refractivity contribution is 4.75. The molecular formula is C14H28O. The molecular weight excluding hydrogens is 184 g/mol. The minimum atomic E-state index is 0.365. The molecule has 90 valence electrons. The van der Waals surface area contributed by atoms with Crippen molar-refractivity contribution in [2.75, 3.05) is 6.61 Å². The molecule has 2 unspecified atom stereocenters. The lowest BCUT2D eigenvalue weighted by molar-refractivity contribution is 0.252. The smallest absolute Gasteiger partial charge is 0.0433 e. The van der Waals surface area contributed by atoms with Gasteiger partial charge < -0.3 is 5.11 Å². The van der Waals surface area contributed by atoms with E-state index in [-0.39, 0.29) is 0 Å². The number of aliphatic hydroxyl groups excluding tert-OH is 1. The molecule has 1 aliphatic rings. The monoisotopic (exact) mass is 212 g/mol. The van der Waals surface area contributed by atoms with E-state index in [1.165, 1.54) is 44.9 Å². The van der Waals surface area contributed by atoms with Gasteiger partial charge in [0.05, 0.1) is 0 Å². The zero-order valence-corrected chi connectivity index (χ0v) is 10.5. The van der Waals surface area contributed by atoms with Crippen molar-refractivity contribution in [3.8, 4) is 0 Å². The second-order valence-corrected chi connectivity index (χ2v) is 5.53. The minimum Gasteiger partial charge on any atom is -0.396 e. The Kier molecular flexibility index (Phi) is 6.31. The van der Waals surface area contributed by atoms with Gasteiger partial charge in [-0.25, -0.2) is 0 Å². The topological polar surface area (TPSA) is 20.2 Å². The molecule has 1 rings (SSSR count). The van der Waals surface area contributed by atoms with Gasteiger partial charge in [0.25, 0.3) is 0 Å². The molecule has 3 atom stereocenters. The maximum Gasteiger partial charge on any atom is 0.0433 e. The average molecular weight is 212 g/mol. The molecule has 0 aromatic rings. The van der Waals surface area contributed by atoms with Crippen LogP contribution in [-0.4, -0.2) is 11.7 Å². The maximum atomic E-state index is 8.84. The van der Waals surface area contributed by atoms with Crippen molar-refractivity contribution in [1.29, 1.82) is 0 Å². The lowest BCUT2D eigenvalue weighted by Crippen LogP contribution is -2.03. The van der Waals surface area contributed by atoms with Gasteiger partial charge in [-0.1, -0.05) is 52.4 Å². The number of hydrogen-bond donors (Lipinski definition) is 1. The zero-order chi connectivity index (χ0) is 11.1. The summed E-state index contributed by atoms with van der Waals surface area (Å²) in [6.07, 6.45) is 11.0. The number of rotatable bonds is 7. The van der Waals surface area contributed by atoms with Gasteiger partial charge in [0.15, 0.2) is 0 Å². The molecule has 1 heteroatoms. The first-order valence-electron chi connectivity index (χ1n) is 6.87. The standard InChI is InChI=1S/C14H28O/c1-3-4-13-7-8-14(11-13)6-5-12(2)9-10-15/h12-15H,3-11H2,1-2H3/t12-,13?,14?/m0/s1. The number of aliphatic hydroxyl groups is 1. The zero-order valence-electron chi connectivity index (χ0n) is 10.5. The molecule has 0 saturated heterocycles. The molecule has 0 radical (unpaired) electrons. The van der Waals surface area contributed by atoms with Crippen LogP contribution < -0.4 is 0 Å². The third kappa shape index (κ3) is 5.01. The Bertz CT molecular complexity index is 155. The summed E-state index contributed by atoms with van der Waals surface area (Å²) in [6, 6.07) is 0. The van der Waals surface area contributed by atoms with Crippen LogP contribution in [0.3, 0.4) is 0 Å². The predicted molar refractivity (Wildman–Crippen MR) is 65.8 cm³/mol. The van der Waals surface area contributed by atoms with E-state index >= 15 is 0 Å². The van der Waals surface area contributed by atoms with Gasteiger partial charge in [0.2, 0.25) is 0 Å². The van der Waals surface area contributed by atoms with Crippen LogP contribution in [0.25, 0.3) is 0 Å². The average Bonchev–Trinajstić information content (AvgIpc) is 2.64. The van der Waals surface area contributed by atoms with Gasteiger partial charge in [-0.15, -0.1) is 0 Å². The molecule has 15 heavy (non-hydrogen) atoms. The summed E-state index contributed by atoms with van der Waals surface area (Å²) in [5, 5.41) is 8.84. The second kappa shape index (κ2) is 7.27. The molecule has 0 aliphatic heterocycles. The third-order valence-electron chi connectivity index (χ3n) is 4.04. The van der Waals surface area contributed by atoms with Crippen LogP contribution in [-0.2, 0) is 0 Å². The Morgan fingerprint density at radius 3 is 2.40 bits per heavy atom. The molecule has 0 bridgehead atoms. The predicted octanol–water partition coefficient (Wildman–Crippen LogP) is 4.00. The van der Waals surface area contributed by atoms with Gasteiger partial charge in [-0.3, -0.25) is 0 Å². The molecule has 0 heterocycles. The minimum absolute atomic E-state index is 0.365. The van der Waals surface area contributed by atoms with E-state index in [4.69, 9.17) is 5.11 Å². The van der Waals surface area contributed by atoms with Crippen LogP contribution in [0.4, 0.5) is 0 Å². The SMILES string of the molecule is CCCC1CCC(CC[C@H](C)CCO)C1. The fourth-order valence-corrected chi connectivity index (χ4v) is 3.00. The summed E-state index contributed by atoms with van der Waals surface area (Å²) in [5.41, 5.74) is 0. The lowest BCUT2D eigenvalue weighted by atomic mass is 9.93. The van der Waals surface area contributed by atoms with Crippen molar-refractivity contribution in [3.05, 3.63) is 0 Å². The van der Waals surface area contributed by atoms with Gasteiger partial charge in [-0.05, 0) is 30.6 Å². The Morgan fingerprint density at radius 2 is 1.80 bits per heavy atom. The van der Waals surface area contributed by atoms with Crippen LogP contribution in [0, 0.1) is 17.8 Å². The first-order valence-corrected chi connectivity index (χ1v) is 6.87. The molecule has 0 amide bonds. The van der Waals surface area contributed by atoms with Crippen molar-refractivity contribution in [1.82, 2.24) is 0 Å². The van der Waals surface area contributed by atoms with E-state index < -0.39 is 0 Å². The van der Waals surface area contributed by atoms with E-state index in [0.717, 1.165) is 24.2 Å². The lowest BCUT2D eigenvalue weighted by Gasteiger charge is -2.14. The van der Waals surface area contributed by atoms with Crippen molar-refractivity contribution in [2.45, 2.75) is 65.2 Å². The summed E-state index contributed by atoms with van der Waals surface area (Å²) in [5.74, 6) is 2.76. The largest absolute Gasteiger partial charge is 0.396 e. The summed E-state index contributed by atoms with van der Waals surface area (Å²) >= 11 is 0. The van der Waals surface area contributed by atoms with Crippen LogP contribution in [0.15, 0.2) is 0 Å². The first-order chi connectivity index (χ1) is 7.26. The highest BCUT2D eigenvalue weighted by atomic mass is 16.3. The van der Waals surface area contributed by atoms with Crippen molar-refractivity contribution in [2.24, 2.45) is 17.8 Å². The quantitative estimate of drug-likeness (QED) is 0.676. The van der Waals surface area contributed by atoms with Crippen LogP contribution >= 0.6 is 0 Å². The number of hydrogen-bond acceptors (Lipinski definition) is 1. The second-order valence-electron chi connectivity index (χ2n) is 5.53. The van der Waals surface area contributed by atoms with Gasteiger partial charge in [0, 0.05) is 6.61 Å². The van der Waals surface area contributed by atoms with E-state index in [0.29, 0.717) is 6.61 Å². The van der Waals surface area contributed by atoms with E-state index in [9.17, 15) is 0 Å². The summed E-state index contributed by atoms with van der Waals surface area (Å²) < 4.78 is 0. The van der Waals surface area contributed by atoms with Crippen molar-refractivity contribution >= 4 is 0 Å². The Hall–Kier alpha value is -0.0400. The molecule has 1 aliphatic carbocycles. The Labute approximate surface area is 95.3 Å². The molecule has 0 aromatic carbocycles. The van der Waals surface area contributed by atoms with E-state index in [2.05, 4.69) is 13.8 Å². The third-order valence-corrected chi connectivity index (χ3v) is 4.04. The van der Waals surface area contributed by atoms with Crippen molar-refractivity contribution in [3.63, 3.8) is 0 Å². The highest BCUT2D eigenvalue weighted by Crippen LogP contribution is 2.37. The molecule has 1 nitrogen and oxygen atoms in total. The Balaban J connectivity index is 2.08. The molecule has 1 N–H and O–H groups in total. The summed E-state index contributed by atoms with van der Waals surface area (Å²) in [7, 11) is 0. The Morgan fingerprint density at radius 1 is 1.13 bits per heavy atom. The van der Waals surface area contributed by atoms with Crippen LogP contribution in [0.1, 0.15) is 65.2 Å². The van der Waals surface area contributed by atoms with Crippen LogP contribution in [0.5, 0.6) is 0 Å². The fraction of sp³-hybridized carbons (Fsp3) is 1.00. The molecule has 1 saturated carbocycles. The maximum absolute atomic E-state index is 8.84. The first kappa shape index (κ1) is 13.0. The molecule has 0 spiro atoms. The van der Waals surface area contributed by atoms with Gasteiger partial charge >= 0.3 is 0 Å². The van der Waals surface area contributed by atoms with E-state index in [1.54, 1.807) is 0 Å². The highest BCUT2D eigenvalue weighted by Gasteiger charge is 2.23. The van der Waals surface area contributed by atoms with Gasteiger partial charge in [-0.2, -0.15) is 0 Å². The van der Waals surface area contributed by atoms with Gasteiger partial charge in [0.1, 0.15) is 0 Å². The van der Waals surface area contributed by atoms with E-state index in [1.807, 2.05) is 0 Å². The summed E-state index contributed by atoms with van der Waals surface area (Å²) in [6.45, 7) is 4.94. The molecule has 0 aromatic heterocycles. The summed E-state index contributed by atoms with van der Waals surface area (Å²) in [4.78, 5) is 0. The molecule has 1 fully saturated rings. The normalized spacial score (nSPS) is 28.2. The van der Waals surface area contributed by atoms with Crippen molar-refractivity contribution < 1.29 is 5.11 Å².